The molecule has 0 spiro atoms. The van der Waals surface area contributed by atoms with Crippen molar-refractivity contribution in [1.82, 2.24) is 4.90 Å². The molecule has 1 saturated heterocycles. The van der Waals surface area contributed by atoms with Crippen LogP contribution in [0.25, 0.3) is 4.85 Å². The van der Waals surface area contributed by atoms with E-state index >= 15 is 0 Å². The van der Waals surface area contributed by atoms with E-state index in [1.807, 2.05) is 0 Å². The van der Waals surface area contributed by atoms with Crippen LogP contribution >= 0.6 is 0 Å². The summed E-state index contributed by atoms with van der Waals surface area (Å²) in [6, 6.07) is 0. The zero-order valence-electron chi connectivity index (χ0n) is 10.6. The largest absolute Gasteiger partial charge is 0.444 e. The third-order valence-electron chi connectivity index (χ3n) is 2.83. The first-order chi connectivity index (χ1) is 7.82. The van der Waals surface area contributed by atoms with Crippen LogP contribution in [0.15, 0.2) is 0 Å². The second kappa shape index (κ2) is 4.91. The molecule has 0 radical (unpaired) electrons. The monoisotopic (exact) mass is 242 g/mol. The van der Waals surface area contributed by atoms with Crippen LogP contribution < -0.4 is 0 Å². The molecule has 1 heterocycles. The van der Waals surface area contributed by atoms with Gasteiger partial charge in [0.15, 0.2) is 6.67 Å². The summed E-state index contributed by atoms with van der Waals surface area (Å²) in [4.78, 5) is 16.6. The van der Waals surface area contributed by atoms with Gasteiger partial charge in [0.25, 0.3) is 5.54 Å². The smallest absolute Gasteiger partial charge is 0.410 e. The second-order valence-electron chi connectivity index (χ2n) is 5.44. The lowest BCUT2D eigenvalue weighted by Gasteiger charge is -2.33. The molecule has 96 valence electrons. The van der Waals surface area contributed by atoms with Crippen LogP contribution in [0.5, 0.6) is 0 Å². The highest BCUT2D eigenvalue weighted by Crippen LogP contribution is 2.27. The van der Waals surface area contributed by atoms with Gasteiger partial charge in [-0.2, -0.15) is 0 Å². The Hall–Kier alpha value is -1.31. The second-order valence-corrected chi connectivity index (χ2v) is 5.44. The van der Waals surface area contributed by atoms with Crippen molar-refractivity contribution < 1.29 is 13.9 Å². The maximum absolute atomic E-state index is 12.8. The molecular weight excluding hydrogens is 223 g/mol. The molecule has 0 aromatic rings. The Bertz CT molecular complexity index is 322. The number of rotatable bonds is 1. The van der Waals surface area contributed by atoms with E-state index in [1.54, 1.807) is 25.7 Å². The molecule has 17 heavy (non-hydrogen) atoms. The summed E-state index contributed by atoms with van der Waals surface area (Å²) in [5.41, 5.74) is -1.44. The van der Waals surface area contributed by atoms with E-state index in [1.165, 1.54) is 0 Å². The maximum Gasteiger partial charge on any atom is 0.410 e. The van der Waals surface area contributed by atoms with Crippen molar-refractivity contribution in [2.24, 2.45) is 0 Å². The number of hydrogen-bond donors (Lipinski definition) is 0. The molecule has 0 unspecified atom stereocenters. The molecule has 4 nitrogen and oxygen atoms in total. The van der Waals surface area contributed by atoms with Crippen LogP contribution in [0.1, 0.15) is 33.6 Å². The topological polar surface area (TPSA) is 33.9 Å². The van der Waals surface area contributed by atoms with E-state index < -0.39 is 17.8 Å². The van der Waals surface area contributed by atoms with E-state index in [4.69, 9.17) is 11.3 Å². The lowest BCUT2D eigenvalue weighted by Crippen LogP contribution is -2.47. The minimum absolute atomic E-state index is 0.380. The average Bonchev–Trinajstić information content (AvgIpc) is 2.27. The van der Waals surface area contributed by atoms with Crippen LogP contribution in [0.4, 0.5) is 9.18 Å². The number of hydrogen-bond acceptors (Lipinski definition) is 2. The molecule has 1 aliphatic heterocycles. The van der Waals surface area contributed by atoms with E-state index in [2.05, 4.69) is 4.85 Å². The van der Waals surface area contributed by atoms with Gasteiger partial charge in [-0.05, 0) is 20.8 Å². The molecule has 0 aromatic heterocycles. The van der Waals surface area contributed by atoms with E-state index in [0.717, 1.165) is 0 Å². The molecule has 1 rings (SSSR count). The summed E-state index contributed by atoms with van der Waals surface area (Å²) in [6.45, 7) is 12.6. The van der Waals surface area contributed by atoms with Gasteiger partial charge in [0.2, 0.25) is 0 Å². The lowest BCUT2D eigenvalue weighted by atomic mass is 9.90. The molecule has 0 aromatic carbocycles. The van der Waals surface area contributed by atoms with Crippen molar-refractivity contribution >= 4 is 6.09 Å². The first kappa shape index (κ1) is 13.8. The zero-order chi connectivity index (χ0) is 13.1. The quantitative estimate of drug-likeness (QED) is 0.662. The van der Waals surface area contributed by atoms with E-state index in [9.17, 15) is 9.18 Å². The summed E-state index contributed by atoms with van der Waals surface area (Å²) in [5.74, 6) is 0. The zero-order valence-corrected chi connectivity index (χ0v) is 10.6. The molecule has 0 atom stereocenters. The highest BCUT2D eigenvalue weighted by molar-refractivity contribution is 5.68. The van der Waals surface area contributed by atoms with E-state index in [-0.39, 0.29) is 6.09 Å². The highest BCUT2D eigenvalue weighted by Gasteiger charge is 2.42. The van der Waals surface area contributed by atoms with Crippen molar-refractivity contribution in [2.45, 2.75) is 44.8 Å². The van der Waals surface area contributed by atoms with Crippen molar-refractivity contribution in [2.75, 3.05) is 19.8 Å². The van der Waals surface area contributed by atoms with Crippen molar-refractivity contribution in [3.63, 3.8) is 0 Å². The Balaban J connectivity index is 2.53. The van der Waals surface area contributed by atoms with Crippen molar-refractivity contribution in [1.29, 1.82) is 0 Å². The molecule has 1 aliphatic rings. The minimum Gasteiger partial charge on any atom is -0.444 e. The Morgan fingerprint density at radius 3 is 2.35 bits per heavy atom. The fourth-order valence-corrected chi connectivity index (χ4v) is 1.71. The van der Waals surface area contributed by atoms with Gasteiger partial charge in [-0.3, -0.25) is 0 Å². The molecule has 1 fully saturated rings. The molecule has 0 N–H and O–H groups in total. The molecule has 0 aliphatic carbocycles. The van der Waals surface area contributed by atoms with Crippen LogP contribution in [-0.2, 0) is 4.74 Å². The minimum atomic E-state index is -0.918. The number of amides is 1. The maximum atomic E-state index is 12.8. The normalized spacial score (nSPS) is 19.6. The number of piperidine rings is 1. The van der Waals surface area contributed by atoms with Gasteiger partial charge in [-0.1, -0.05) is 0 Å². The van der Waals surface area contributed by atoms with Gasteiger partial charge in [-0.25, -0.2) is 15.8 Å². The number of carbonyl (C=O) groups excluding carboxylic acids is 1. The fraction of sp³-hybridized carbons (Fsp3) is 0.833. The van der Waals surface area contributed by atoms with Crippen LogP contribution in [0.3, 0.4) is 0 Å². The molecule has 0 saturated carbocycles. The molecular formula is C12H19FN2O2. The van der Waals surface area contributed by atoms with Gasteiger partial charge < -0.3 is 14.5 Å². The number of nitrogens with zero attached hydrogens (tertiary/aromatic N) is 2. The Morgan fingerprint density at radius 2 is 2.00 bits per heavy atom. The predicted octanol–water partition coefficient (Wildman–Crippen LogP) is 2.64. The van der Waals surface area contributed by atoms with Crippen molar-refractivity contribution in [3.8, 4) is 0 Å². The number of alkyl halides is 1. The lowest BCUT2D eigenvalue weighted by molar-refractivity contribution is 0.0174. The molecule has 5 heteroatoms. The standard InChI is InChI=1S/C12H19FN2O2/c1-11(2,3)17-10(16)15-7-5-12(9-13,14-4)6-8-15/h5-9H2,1-3H3. The highest BCUT2D eigenvalue weighted by atomic mass is 19.1. The van der Waals surface area contributed by atoms with Gasteiger partial charge in [0, 0.05) is 25.9 Å². The average molecular weight is 242 g/mol. The SMILES string of the molecule is [C-]#[N+]C1(CF)CCN(C(=O)OC(C)(C)C)CC1. The van der Waals surface area contributed by atoms with Gasteiger partial charge in [0.05, 0.1) is 0 Å². The van der Waals surface area contributed by atoms with Gasteiger partial charge in [0.1, 0.15) is 5.60 Å². The molecule has 0 bridgehead atoms. The van der Waals surface area contributed by atoms with Gasteiger partial charge >= 0.3 is 6.09 Å². The first-order valence-corrected chi connectivity index (χ1v) is 5.74. The number of likely N-dealkylation sites (tertiary alicyclic amines) is 1. The third-order valence-corrected chi connectivity index (χ3v) is 2.83. The number of halogens is 1. The number of carbonyl (C=O) groups is 1. The summed E-state index contributed by atoms with van der Waals surface area (Å²) in [5, 5.41) is 0. The van der Waals surface area contributed by atoms with Gasteiger partial charge in [-0.15, -0.1) is 0 Å². The first-order valence-electron chi connectivity index (χ1n) is 5.74. The predicted molar refractivity (Wildman–Crippen MR) is 62.3 cm³/mol. The van der Waals surface area contributed by atoms with Crippen LogP contribution in [0, 0.1) is 6.57 Å². The Labute approximate surface area is 102 Å². The Morgan fingerprint density at radius 1 is 1.47 bits per heavy atom. The van der Waals surface area contributed by atoms with E-state index in [0.29, 0.717) is 25.9 Å². The number of ether oxygens (including phenoxy) is 1. The summed E-state index contributed by atoms with van der Waals surface area (Å²) in [6.07, 6.45) is 0.383. The third kappa shape index (κ3) is 3.58. The Kier molecular flexibility index (Phi) is 3.97. The van der Waals surface area contributed by atoms with Crippen molar-refractivity contribution in [3.05, 3.63) is 11.4 Å². The van der Waals surface area contributed by atoms with Crippen LogP contribution in [-0.4, -0.2) is 41.9 Å². The molecule has 1 amide bonds. The van der Waals surface area contributed by atoms with Crippen LogP contribution in [0.2, 0.25) is 0 Å². The summed E-state index contributed by atoms with van der Waals surface area (Å²) in [7, 11) is 0. The fourth-order valence-electron chi connectivity index (χ4n) is 1.71. The summed E-state index contributed by atoms with van der Waals surface area (Å²) < 4.78 is 18.0. The summed E-state index contributed by atoms with van der Waals surface area (Å²) >= 11 is 0.